The second kappa shape index (κ2) is 7.98. The maximum absolute atomic E-state index is 13.1. The van der Waals surface area contributed by atoms with Gasteiger partial charge in [-0.25, -0.2) is 8.42 Å². The van der Waals surface area contributed by atoms with Crippen molar-refractivity contribution in [2.45, 2.75) is 31.7 Å². The molecular weight excluding hydrogens is 366 g/mol. The summed E-state index contributed by atoms with van der Waals surface area (Å²) in [4.78, 5) is 11.3. The van der Waals surface area contributed by atoms with E-state index in [0.29, 0.717) is 24.5 Å². The molecule has 1 heterocycles. The van der Waals surface area contributed by atoms with Gasteiger partial charge in [-0.1, -0.05) is 12.1 Å². The number of sulfonamides is 1. The highest BCUT2D eigenvalue weighted by Crippen LogP contribution is 2.31. The zero-order chi connectivity index (χ0) is 19.4. The van der Waals surface area contributed by atoms with Crippen LogP contribution in [-0.2, 0) is 27.8 Å². The molecule has 1 amide bonds. The Morgan fingerprint density at radius 1 is 1.26 bits per heavy atom. The third kappa shape index (κ3) is 4.40. The summed E-state index contributed by atoms with van der Waals surface area (Å²) in [5.74, 6) is -0.0364. The Morgan fingerprint density at radius 2 is 2.07 bits per heavy atom. The molecule has 3 rings (SSSR count). The van der Waals surface area contributed by atoms with Crippen LogP contribution in [0.1, 0.15) is 25.0 Å². The van der Waals surface area contributed by atoms with E-state index >= 15 is 0 Å². The number of amides is 1. The topological polar surface area (TPSA) is 96.5 Å². The third-order valence-electron chi connectivity index (χ3n) is 4.24. The monoisotopic (exact) mass is 389 g/mol. The molecule has 0 radical (unpaired) electrons. The van der Waals surface area contributed by atoms with Crippen LogP contribution in [0.15, 0.2) is 41.3 Å². The average molecular weight is 389 g/mol. The van der Waals surface area contributed by atoms with Gasteiger partial charge in [-0.2, -0.15) is 0 Å². The summed E-state index contributed by atoms with van der Waals surface area (Å²) >= 11 is 0. The van der Waals surface area contributed by atoms with Gasteiger partial charge in [0.2, 0.25) is 5.91 Å². The van der Waals surface area contributed by atoms with Gasteiger partial charge in [0.1, 0.15) is 10.6 Å². The summed E-state index contributed by atoms with van der Waals surface area (Å²) in [6.07, 6.45) is 0.748. The molecule has 0 fully saturated rings. The van der Waals surface area contributed by atoms with E-state index in [1.54, 1.807) is 25.1 Å². The third-order valence-corrected chi connectivity index (χ3v) is 5.62. The predicted octanol–water partition coefficient (Wildman–Crippen LogP) is 2.49. The zero-order valence-corrected chi connectivity index (χ0v) is 16.2. The number of nitrogens with one attached hydrogen (secondary N) is 3. The van der Waals surface area contributed by atoms with Crippen molar-refractivity contribution >= 4 is 27.3 Å². The van der Waals surface area contributed by atoms with Crippen LogP contribution in [0, 0.1) is 0 Å². The van der Waals surface area contributed by atoms with Crippen molar-refractivity contribution in [3.63, 3.8) is 0 Å². The van der Waals surface area contributed by atoms with Crippen LogP contribution in [0.5, 0.6) is 5.75 Å². The van der Waals surface area contributed by atoms with E-state index in [9.17, 15) is 13.2 Å². The Bertz CT molecular complexity index is 957. The zero-order valence-electron chi connectivity index (χ0n) is 15.3. The van der Waals surface area contributed by atoms with Gasteiger partial charge < -0.3 is 15.4 Å². The number of anilines is 2. The fourth-order valence-corrected chi connectivity index (χ4v) is 4.37. The lowest BCUT2D eigenvalue weighted by Gasteiger charge is -2.21. The number of fused-ring (bicyclic) bond motifs is 1. The first kappa shape index (κ1) is 19.2. The molecule has 8 heteroatoms. The summed E-state index contributed by atoms with van der Waals surface area (Å²) in [6, 6.07) is 10.2. The molecule has 0 atom stereocenters. The Kier molecular flexibility index (Phi) is 5.67. The molecule has 0 saturated heterocycles. The van der Waals surface area contributed by atoms with Crippen LogP contribution in [0.4, 0.5) is 11.4 Å². The maximum Gasteiger partial charge on any atom is 0.265 e. The van der Waals surface area contributed by atoms with Crippen molar-refractivity contribution in [1.82, 2.24) is 5.32 Å². The van der Waals surface area contributed by atoms with E-state index in [2.05, 4.69) is 15.4 Å². The minimum atomic E-state index is -3.90. The fourth-order valence-electron chi connectivity index (χ4n) is 3.10. The van der Waals surface area contributed by atoms with Crippen LogP contribution >= 0.6 is 0 Å². The summed E-state index contributed by atoms with van der Waals surface area (Å²) in [7, 11) is -3.90. The Labute approximate surface area is 159 Å². The fraction of sp³-hybridized carbons (Fsp3) is 0.316. The first-order valence-electron chi connectivity index (χ1n) is 8.79. The molecule has 2 aromatic rings. The lowest BCUT2D eigenvalue weighted by molar-refractivity contribution is -0.114. The second-order valence-electron chi connectivity index (χ2n) is 6.25. The largest absolute Gasteiger partial charge is 0.492 e. The number of carbonyl (C=O) groups excluding carboxylic acids is 1. The van der Waals surface area contributed by atoms with E-state index < -0.39 is 10.0 Å². The second-order valence-corrected chi connectivity index (χ2v) is 7.90. The van der Waals surface area contributed by atoms with Crippen LogP contribution in [0.2, 0.25) is 0 Å². The highest BCUT2D eigenvalue weighted by molar-refractivity contribution is 7.92. The number of hydrogen-bond acceptors (Lipinski definition) is 5. The summed E-state index contributed by atoms with van der Waals surface area (Å²) in [6.45, 7) is 4.99. The molecule has 144 valence electrons. The minimum absolute atomic E-state index is 0.0119. The first-order valence-corrected chi connectivity index (χ1v) is 10.3. The summed E-state index contributed by atoms with van der Waals surface area (Å²) < 4.78 is 34.4. The minimum Gasteiger partial charge on any atom is -0.492 e. The van der Waals surface area contributed by atoms with Gasteiger partial charge in [-0.15, -0.1) is 0 Å². The molecule has 0 unspecified atom stereocenters. The molecule has 3 N–H and O–H groups in total. The van der Waals surface area contributed by atoms with Gasteiger partial charge in [0.25, 0.3) is 10.0 Å². The van der Waals surface area contributed by atoms with Gasteiger partial charge >= 0.3 is 0 Å². The maximum atomic E-state index is 13.1. The van der Waals surface area contributed by atoms with Gasteiger partial charge in [0.15, 0.2) is 0 Å². The van der Waals surface area contributed by atoms with Gasteiger partial charge in [-0.3, -0.25) is 9.52 Å². The highest BCUT2D eigenvalue weighted by atomic mass is 32.2. The number of carbonyl (C=O) groups is 1. The van der Waals surface area contributed by atoms with Crippen molar-refractivity contribution in [3.8, 4) is 5.75 Å². The van der Waals surface area contributed by atoms with Crippen LogP contribution in [0.3, 0.4) is 0 Å². The van der Waals surface area contributed by atoms with Gasteiger partial charge in [0.05, 0.1) is 12.3 Å². The Balaban J connectivity index is 2.00. The molecule has 0 saturated carbocycles. The summed E-state index contributed by atoms with van der Waals surface area (Å²) in [5.41, 5.74) is 3.04. The number of ether oxygens (including phenoxy) is 1. The number of hydrogen-bond donors (Lipinski definition) is 3. The molecule has 27 heavy (non-hydrogen) atoms. The van der Waals surface area contributed by atoms with E-state index in [-0.39, 0.29) is 16.6 Å². The molecule has 7 nitrogen and oxygen atoms in total. The molecule has 0 aliphatic carbocycles. The first-order chi connectivity index (χ1) is 12.9. The lowest BCUT2D eigenvalue weighted by atomic mass is 9.99. The van der Waals surface area contributed by atoms with Crippen LogP contribution in [-0.4, -0.2) is 27.5 Å². The van der Waals surface area contributed by atoms with Crippen molar-refractivity contribution in [2.75, 3.05) is 23.2 Å². The van der Waals surface area contributed by atoms with Crippen molar-refractivity contribution < 1.29 is 17.9 Å². The van der Waals surface area contributed by atoms with Crippen LogP contribution in [0.25, 0.3) is 0 Å². The van der Waals surface area contributed by atoms with E-state index in [1.807, 2.05) is 12.1 Å². The average Bonchev–Trinajstić information content (AvgIpc) is 2.63. The van der Waals surface area contributed by atoms with E-state index in [0.717, 1.165) is 24.1 Å². The highest BCUT2D eigenvalue weighted by Gasteiger charge is 2.23. The molecule has 1 aliphatic rings. The molecule has 0 spiro atoms. The van der Waals surface area contributed by atoms with Gasteiger partial charge in [0, 0.05) is 19.2 Å². The standard InChI is InChI=1S/C19H23N3O4S/c1-3-26-18-8-7-15(21-13(2)23)11-19(18)27(24,25)22-17-6-4-5-14-12-20-10-9-16(14)17/h4-8,11,20,22H,3,9-10,12H2,1-2H3,(H,21,23). The smallest absolute Gasteiger partial charge is 0.265 e. The molecular formula is C19H23N3O4S. The van der Waals surface area contributed by atoms with Crippen molar-refractivity contribution in [1.29, 1.82) is 0 Å². The van der Waals surface area contributed by atoms with Gasteiger partial charge in [-0.05, 0) is 55.3 Å². The SMILES string of the molecule is CCOc1ccc(NC(C)=O)cc1S(=O)(=O)Nc1cccc2c1CCNC2. The number of rotatable bonds is 6. The van der Waals surface area contributed by atoms with Crippen molar-refractivity contribution in [3.05, 3.63) is 47.5 Å². The van der Waals surface area contributed by atoms with E-state index in [1.165, 1.54) is 13.0 Å². The molecule has 2 aromatic carbocycles. The van der Waals surface area contributed by atoms with E-state index in [4.69, 9.17) is 4.74 Å². The van der Waals surface area contributed by atoms with Crippen LogP contribution < -0.4 is 20.1 Å². The normalized spacial score (nSPS) is 13.6. The Morgan fingerprint density at radius 3 is 2.81 bits per heavy atom. The molecule has 0 bridgehead atoms. The number of benzene rings is 2. The Hall–Kier alpha value is -2.58. The quantitative estimate of drug-likeness (QED) is 0.705. The molecule has 1 aliphatic heterocycles. The summed E-state index contributed by atoms with van der Waals surface area (Å²) in [5, 5.41) is 5.88. The molecule has 0 aromatic heterocycles. The predicted molar refractivity (Wildman–Crippen MR) is 105 cm³/mol. The lowest BCUT2D eigenvalue weighted by Crippen LogP contribution is -2.25. The van der Waals surface area contributed by atoms with Crippen molar-refractivity contribution in [2.24, 2.45) is 0 Å².